The molecule has 8 nitrogen and oxygen atoms in total. The van der Waals surface area contributed by atoms with Crippen LogP contribution in [0.5, 0.6) is 34.5 Å². The van der Waals surface area contributed by atoms with E-state index in [1.165, 1.54) is 0 Å². The standard InChI is InChI=1S/C55H58N2O6/c1-7-33-62-46-25-21-44(22-26-46)57(45-23-27-47(28-24-45)63-34-8-2)43-19-17-40(18-20-43)39-13-15-41(16-14-39)42-35-52(50-31-29-48(58-9-3)37-54(50)60-11-5)56-53(36-42)51-32-30-49(59-10-4)38-55(51)61-12-6/h13-32,35-38H,7-12,33-34H2,1-6H3. The molecule has 0 saturated carbocycles. The van der Waals surface area contributed by atoms with Crippen LogP contribution in [0.15, 0.2) is 146 Å². The normalized spacial score (nSPS) is 10.9. The van der Waals surface area contributed by atoms with E-state index in [1.807, 2.05) is 88.4 Å². The van der Waals surface area contributed by atoms with Crippen LogP contribution in [0.1, 0.15) is 54.4 Å². The Labute approximate surface area is 373 Å². The van der Waals surface area contributed by atoms with Gasteiger partial charge in [-0.1, -0.05) is 50.2 Å². The van der Waals surface area contributed by atoms with E-state index in [0.717, 1.165) is 97.7 Å². The molecule has 6 aromatic carbocycles. The Hall–Kier alpha value is -6.93. The lowest BCUT2D eigenvalue weighted by Gasteiger charge is -2.26. The second kappa shape index (κ2) is 21.7. The van der Waals surface area contributed by atoms with Gasteiger partial charge in [0.25, 0.3) is 0 Å². The highest BCUT2D eigenvalue weighted by Crippen LogP contribution is 2.41. The fourth-order valence-corrected chi connectivity index (χ4v) is 7.39. The maximum absolute atomic E-state index is 6.17. The lowest BCUT2D eigenvalue weighted by molar-refractivity contribution is 0.317. The third-order valence-corrected chi connectivity index (χ3v) is 10.3. The van der Waals surface area contributed by atoms with Gasteiger partial charge in [0.1, 0.15) is 34.5 Å². The summed E-state index contributed by atoms with van der Waals surface area (Å²) in [5.74, 6) is 4.65. The van der Waals surface area contributed by atoms with Gasteiger partial charge in [-0.3, -0.25) is 0 Å². The van der Waals surface area contributed by atoms with Crippen molar-refractivity contribution in [2.45, 2.75) is 54.4 Å². The van der Waals surface area contributed by atoms with E-state index in [0.29, 0.717) is 51.1 Å². The second-order valence-electron chi connectivity index (χ2n) is 14.8. The first kappa shape index (κ1) is 44.1. The third-order valence-electron chi connectivity index (χ3n) is 10.3. The summed E-state index contributed by atoms with van der Waals surface area (Å²) >= 11 is 0. The molecule has 7 rings (SSSR count). The average Bonchev–Trinajstić information content (AvgIpc) is 3.32. The summed E-state index contributed by atoms with van der Waals surface area (Å²) in [6.07, 6.45) is 1.92. The summed E-state index contributed by atoms with van der Waals surface area (Å²) in [5.41, 5.74) is 10.7. The minimum atomic E-state index is 0.506. The first-order valence-corrected chi connectivity index (χ1v) is 22.2. The third kappa shape index (κ3) is 10.9. The molecular formula is C55H58N2O6. The SMILES string of the molecule is CCCOc1ccc(N(c2ccc(OCCC)cc2)c2ccc(-c3ccc(-c4cc(-c5ccc(OCC)cc5OCC)nc(-c5ccc(OCC)cc5OCC)c4)cc3)cc2)cc1. The summed E-state index contributed by atoms with van der Waals surface area (Å²) in [6.45, 7) is 15.7. The zero-order valence-corrected chi connectivity index (χ0v) is 37.4. The van der Waals surface area contributed by atoms with Crippen LogP contribution in [-0.2, 0) is 0 Å². The van der Waals surface area contributed by atoms with E-state index in [9.17, 15) is 0 Å². The van der Waals surface area contributed by atoms with Gasteiger partial charge in [-0.25, -0.2) is 4.98 Å². The summed E-state index contributed by atoms with van der Waals surface area (Å²) < 4.78 is 35.8. The molecule has 7 aromatic rings. The van der Waals surface area contributed by atoms with Gasteiger partial charge in [0.15, 0.2) is 0 Å². The van der Waals surface area contributed by atoms with Crippen LogP contribution in [0, 0.1) is 0 Å². The second-order valence-corrected chi connectivity index (χ2v) is 14.8. The monoisotopic (exact) mass is 842 g/mol. The van der Waals surface area contributed by atoms with Crippen molar-refractivity contribution in [3.63, 3.8) is 0 Å². The fraction of sp³-hybridized carbons (Fsp3) is 0.255. The van der Waals surface area contributed by atoms with Crippen LogP contribution in [0.3, 0.4) is 0 Å². The predicted molar refractivity (Wildman–Crippen MR) is 257 cm³/mol. The van der Waals surface area contributed by atoms with E-state index in [4.69, 9.17) is 33.4 Å². The van der Waals surface area contributed by atoms with Crippen molar-refractivity contribution in [2.24, 2.45) is 0 Å². The zero-order valence-electron chi connectivity index (χ0n) is 37.4. The van der Waals surface area contributed by atoms with Crippen molar-refractivity contribution in [3.05, 3.63) is 146 Å². The van der Waals surface area contributed by atoms with Gasteiger partial charge in [-0.15, -0.1) is 0 Å². The Bertz CT molecular complexity index is 2390. The molecule has 0 aliphatic heterocycles. The molecule has 1 aromatic heterocycles. The lowest BCUT2D eigenvalue weighted by atomic mass is 9.97. The molecule has 0 aliphatic carbocycles. The summed E-state index contributed by atoms with van der Waals surface area (Å²) in [4.78, 5) is 7.49. The Morgan fingerprint density at radius 3 is 1.08 bits per heavy atom. The highest BCUT2D eigenvalue weighted by atomic mass is 16.5. The van der Waals surface area contributed by atoms with Crippen molar-refractivity contribution in [1.82, 2.24) is 4.98 Å². The molecule has 0 aliphatic rings. The van der Waals surface area contributed by atoms with Crippen molar-refractivity contribution in [3.8, 4) is 79.3 Å². The van der Waals surface area contributed by atoms with Gasteiger partial charge in [0.05, 0.1) is 51.0 Å². The van der Waals surface area contributed by atoms with Crippen molar-refractivity contribution < 1.29 is 28.4 Å². The minimum absolute atomic E-state index is 0.506. The molecule has 0 spiro atoms. The van der Waals surface area contributed by atoms with Crippen LogP contribution in [0.25, 0.3) is 44.8 Å². The summed E-state index contributed by atoms with van der Waals surface area (Å²) in [7, 11) is 0. The molecule has 0 amide bonds. The molecule has 0 N–H and O–H groups in total. The Kier molecular flexibility index (Phi) is 15.2. The molecule has 0 fully saturated rings. The highest BCUT2D eigenvalue weighted by Gasteiger charge is 2.18. The number of hydrogen-bond acceptors (Lipinski definition) is 8. The Morgan fingerprint density at radius 1 is 0.349 bits per heavy atom. The van der Waals surface area contributed by atoms with Crippen LogP contribution >= 0.6 is 0 Å². The van der Waals surface area contributed by atoms with E-state index >= 15 is 0 Å². The first-order valence-electron chi connectivity index (χ1n) is 22.2. The van der Waals surface area contributed by atoms with Gasteiger partial charge in [-0.2, -0.15) is 0 Å². The summed E-state index contributed by atoms with van der Waals surface area (Å²) in [5, 5.41) is 0. The average molecular weight is 843 g/mol. The number of benzene rings is 6. The molecular weight excluding hydrogens is 785 g/mol. The number of rotatable bonds is 21. The van der Waals surface area contributed by atoms with Crippen LogP contribution in [0.2, 0.25) is 0 Å². The first-order chi connectivity index (χ1) is 30.9. The van der Waals surface area contributed by atoms with Gasteiger partial charge in [0, 0.05) is 40.3 Å². The zero-order chi connectivity index (χ0) is 44.0. The molecule has 8 heteroatoms. The molecule has 324 valence electrons. The molecule has 0 bridgehead atoms. The van der Waals surface area contributed by atoms with Crippen LogP contribution in [0.4, 0.5) is 17.1 Å². The number of ether oxygens (including phenoxy) is 6. The smallest absolute Gasteiger partial charge is 0.132 e. The van der Waals surface area contributed by atoms with E-state index in [1.54, 1.807) is 0 Å². The minimum Gasteiger partial charge on any atom is -0.494 e. The number of anilines is 3. The molecule has 1 heterocycles. The molecule has 63 heavy (non-hydrogen) atoms. The van der Waals surface area contributed by atoms with Gasteiger partial charge < -0.3 is 33.3 Å². The molecule has 0 radical (unpaired) electrons. The Balaban J connectivity index is 1.24. The van der Waals surface area contributed by atoms with E-state index < -0.39 is 0 Å². The number of pyridine rings is 1. The fourth-order valence-electron chi connectivity index (χ4n) is 7.39. The quantitative estimate of drug-likeness (QED) is 0.0708. The van der Waals surface area contributed by atoms with Gasteiger partial charge >= 0.3 is 0 Å². The van der Waals surface area contributed by atoms with E-state index in [2.05, 4.69) is 104 Å². The maximum Gasteiger partial charge on any atom is 0.132 e. The topological polar surface area (TPSA) is 71.5 Å². The maximum atomic E-state index is 6.17. The largest absolute Gasteiger partial charge is 0.494 e. The predicted octanol–water partition coefficient (Wildman–Crippen LogP) is 14.4. The van der Waals surface area contributed by atoms with Crippen molar-refractivity contribution in [2.75, 3.05) is 44.5 Å². The van der Waals surface area contributed by atoms with Crippen molar-refractivity contribution in [1.29, 1.82) is 0 Å². The number of aromatic nitrogens is 1. The summed E-state index contributed by atoms with van der Waals surface area (Å²) in [6, 6.07) is 50.1. The molecule has 0 unspecified atom stereocenters. The number of nitrogens with zero attached hydrogens (tertiary/aromatic N) is 2. The van der Waals surface area contributed by atoms with Crippen LogP contribution in [-0.4, -0.2) is 44.6 Å². The van der Waals surface area contributed by atoms with Crippen molar-refractivity contribution >= 4 is 17.1 Å². The van der Waals surface area contributed by atoms with E-state index in [-0.39, 0.29) is 0 Å². The molecule has 0 saturated heterocycles. The van der Waals surface area contributed by atoms with Crippen LogP contribution < -0.4 is 33.3 Å². The van der Waals surface area contributed by atoms with Gasteiger partial charge in [0.2, 0.25) is 0 Å². The lowest BCUT2D eigenvalue weighted by Crippen LogP contribution is -2.10. The molecule has 0 atom stereocenters. The highest BCUT2D eigenvalue weighted by molar-refractivity contribution is 5.83. The van der Waals surface area contributed by atoms with Gasteiger partial charge in [-0.05, 0) is 160 Å². The number of hydrogen-bond donors (Lipinski definition) is 0. The Morgan fingerprint density at radius 2 is 0.698 bits per heavy atom.